The second kappa shape index (κ2) is 7.38. The summed E-state index contributed by atoms with van der Waals surface area (Å²) in [6.07, 6.45) is 1.44. The van der Waals surface area contributed by atoms with Crippen LogP contribution < -0.4 is 0 Å². The molecule has 0 saturated heterocycles. The Morgan fingerprint density at radius 3 is 2.33 bits per heavy atom. The molecule has 0 aliphatic carbocycles. The summed E-state index contributed by atoms with van der Waals surface area (Å²) in [4.78, 5) is 11.7. The first-order valence-electron chi connectivity index (χ1n) is 6.66. The third-order valence-corrected chi connectivity index (χ3v) is 4.57. The summed E-state index contributed by atoms with van der Waals surface area (Å²) in [5.74, 6) is -0.577. The van der Waals surface area contributed by atoms with Crippen LogP contribution in [-0.4, -0.2) is 38.4 Å². The summed E-state index contributed by atoms with van der Waals surface area (Å²) in [5.41, 5.74) is 1.70. The van der Waals surface area contributed by atoms with Crippen LogP contribution in [0.2, 0.25) is 0 Å². The number of aryl methyl sites for hydroxylation is 2. The van der Waals surface area contributed by atoms with E-state index in [1.165, 1.54) is 6.08 Å². The molecule has 1 aromatic rings. The Balaban J connectivity index is 3.14. The number of ether oxygens (including phenoxy) is 1. The molecule has 0 fully saturated rings. The zero-order valence-corrected chi connectivity index (χ0v) is 13.4. The Hall–Kier alpha value is -1.66. The molecule has 6 heteroatoms. The summed E-state index contributed by atoms with van der Waals surface area (Å²) >= 11 is 0. The summed E-state index contributed by atoms with van der Waals surface area (Å²) < 4.78 is 31.2. The number of hydrogen-bond donors (Lipinski definition) is 0. The van der Waals surface area contributed by atoms with Crippen molar-refractivity contribution in [2.24, 2.45) is 0 Å². The van der Waals surface area contributed by atoms with Crippen LogP contribution in [0.4, 0.5) is 0 Å². The lowest BCUT2D eigenvalue weighted by atomic mass is 10.2. The fourth-order valence-electron chi connectivity index (χ4n) is 1.97. The Morgan fingerprint density at radius 2 is 1.86 bits per heavy atom. The molecule has 0 heterocycles. The van der Waals surface area contributed by atoms with Gasteiger partial charge in [0.2, 0.25) is 10.0 Å². The van der Waals surface area contributed by atoms with Crippen molar-refractivity contribution in [3.63, 3.8) is 0 Å². The first-order chi connectivity index (χ1) is 9.81. The summed E-state index contributed by atoms with van der Waals surface area (Å²) in [5, 5.41) is 0. The molecule has 0 aromatic heterocycles. The molecule has 0 aliphatic rings. The molecule has 0 atom stereocenters. The van der Waals surface area contributed by atoms with Gasteiger partial charge in [-0.1, -0.05) is 12.1 Å². The van der Waals surface area contributed by atoms with E-state index in [-0.39, 0.29) is 24.6 Å². The van der Waals surface area contributed by atoms with Crippen LogP contribution in [0.1, 0.15) is 18.1 Å². The van der Waals surface area contributed by atoms with Crippen LogP contribution in [0.5, 0.6) is 0 Å². The molecule has 0 amide bonds. The molecule has 0 aliphatic heterocycles. The maximum absolute atomic E-state index is 12.6. The number of rotatable bonds is 7. The van der Waals surface area contributed by atoms with Gasteiger partial charge in [0, 0.05) is 6.54 Å². The molecule has 5 nitrogen and oxygen atoms in total. The highest BCUT2D eigenvalue weighted by atomic mass is 32.2. The molecule has 0 unspecified atom stereocenters. The molecule has 1 rings (SSSR count). The van der Waals surface area contributed by atoms with E-state index >= 15 is 0 Å². The van der Waals surface area contributed by atoms with Gasteiger partial charge in [-0.25, -0.2) is 8.42 Å². The number of benzene rings is 1. The van der Waals surface area contributed by atoms with Crippen LogP contribution in [-0.2, 0) is 19.6 Å². The number of hydrogen-bond acceptors (Lipinski definition) is 4. The quantitative estimate of drug-likeness (QED) is 0.571. The smallest absolute Gasteiger partial charge is 0.321 e. The van der Waals surface area contributed by atoms with Gasteiger partial charge in [-0.05, 0) is 44.0 Å². The maximum atomic E-state index is 12.6. The van der Waals surface area contributed by atoms with Gasteiger partial charge in [0.05, 0.1) is 11.5 Å². The third kappa shape index (κ3) is 4.68. The van der Waals surface area contributed by atoms with Gasteiger partial charge in [0.15, 0.2) is 0 Å². The first-order valence-corrected chi connectivity index (χ1v) is 8.10. The predicted molar refractivity (Wildman–Crippen MR) is 81.5 cm³/mol. The summed E-state index contributed by atoms with van der Waals surface area (Å²) in [7, 11) is -3.76. The highest BCUT2D eigenvalue weighted by Gasteiger charge is 2.26. The topological polar surface area (TPSA) is 63.7 Å². The van der Waals surface area contributed by atoms with Crippen molar-refractivity contribution in [2.75, 3.05) is 19.7 Å². The van der Waals surface area contributed by atoms with Gasteiger partial charge in [-0.2, -0.15) is 4.31 Å². The highest BCUT2D eigenvalue weighted by molar-refractivity contribution is 7.89. The second-order valence-electron chi connectivity index (χ2n) is 4.71. The highest BCUT2D eigenvalue weighted by Crippen LogP contribution is 2.19. The number of sulfonamides is 1. The van der Waals surface area contributed by atoms with E-state index in [9.17, 15) is 13.2 Å². The SMILES string of the molecule is C=CCN(CC(=O)OCC)S(=O)(=O)c1cc(C)cc(C)c1. The van der Waals surface area contributed by atoms with Crippen LogP contribution in [0.15, 0.2) is 35.7 Å². The van der Waals surface area contributed by atoms with Gasteiger partial charge < -0.3 is 4.74 Å². The van der Waals surface area contributed by atoms with Crippen LogP contribution >= 0.6 is 0 Å². The van der Waals surface area contributed by atoms with Crippen molar-refractivity contribution in [3.05, 3.63) is 42.0 Å². The third-order valence-electron chi connectivity index (χ3n) is 2.78. The summed E-state index contributed by atoms with van der Waals surface area (Å²) in [6, 6.07) is 5.06. The normalized spacial score (nSPS) is 11.4. The van der Waals surface area contributed by atoms with Gasteiger partial charge in [0.1, 0.15) is 6.54 Å². The molecule has 21 heavy (non-hydrogen) atoms. The Morgan fingerprint density at radius 1 is 1.29 bits per heavy atom. The monoisotopic (exact) mass is 311 g/mol. The molecular weight excluding hydrogens is 290 g/mol. The van der Waals surface area contributed by atoms with E-state index in [0.29, 0.717) is 0 Å². The molecule has 0 saturated carbocycles. The van der Waals surface area contributed by atoms with Gasteiger partial charge in [-0.3, -0.25) is 4.79 Å². The average molecular weight is 311 g/mol. The largest absolute Gasteiger partial charge is 0.465 e. The Labute approximate surface area is 126 Å². The van der Waals surface area contributed by atoms with E-state index in [2.05, 4.69) is 6.58 Å². The maximum Gasteiger partial charge on any atom is 0.321 e. The van der Waals surface area contributed by atoms with Crippen molar-refractivity contribution in [3.8, 4) is 0 Å². The van der Waals surface area contributed by atoms with Crippen molar-refractivity contribution in [1.29, 1.82) is 0 Å². The van der Waals surface area contributed by atoms with Crippen LogP contribution in [0.25, 0.3) is 0 Å². The van der Waals surface area contributed by atoms with Crippen LogP contribution in [0, 0.1) is 13.8 Å². The lowest BCUT2D eigenvalue weighted by molar-refractivity contribution is -0.143. The minimum Gasteiger partial charge on any atom is -0.465 e. The second-order valence-corrected chi connectivity index (χ2v) is 6.65. The average Bonchev–Trinajstić information content (AvgIpc) is 2.37. The Kier molecular flexibility index (Phi) is 6.11. The van der Waals surface area contributed by atoms with E-state index in [1.807, 2.05) is 19.9 Å². The predicted octanol–water partition coefficient (Wildman–Crippen LogP) is 2.04. The number of esters is 1. The van der Waals surface area contributed by atoms with Gasteiger partial charge in [0.25, 0.3) is 0 Å². The zero-order valence-electron chi connectivity index (χ0n) is 12.6. The minimum atomic E-state index is -3.76. The molecule has 116 valence electrons. The van der Waals surface area contributed by atoms with Crippen molar-refractivity contribution in [1.82, 2.24) is 4.31 Å². The lowest BCUT2D eigenvalue weighted by Crippen LogP contribution is -2.36. The molecule has 0 radical (unpaired) electrons. The van der Waals surface area contributed by atoms with Gasteiger partial charge in [-0.15, -0.1) is 6.58 Å². The van der Waals surface area contributed by atoms with Crippen molar-refractivity contribution < 1.29 is 17.9 Å². The first kappa shape index (κ1) is 17.4. The molecular formula is C15H21NO4S. The standard InChI is InChI=1S/C15H21NO4S/c1-5-7-16(11-15(17)20-6-2)21(18,19)14-9-12(3)8-13(4)10-14/h5,8-10H,1,6-7,11H2,2-4H3. The van der Waals surface area contributed by atoms with Crippen molar-refractivity contribution in [2.45, 2.75) is 25.7 Å². The van der Waals surface area contributed by atoms with Crippen LogP contribution in [0.3, 0.4) is 0 Å². The van der Waals surface area contributed by atoms with E-state index in [1.54, 1.807) is 19.1 Å². The number of carbonyl (C=O) groups is 1. The Bertz CT molecular complexity index is 602. The van der Waals surface area contributed by atoms with E-state index in [0.717, 1.165) is 15.4 Å². The van der Waals surface area contributed by atoms with E-state index in [4.69, 9.17) is 4.74 Å². The van der Waals surface area contributed by atoms with Gasteiger partial charge >= 0.3 is 5.97 Å². The summed E-state index contributed by atoms with van der Waals surface area (Å²) in [6.45, 7) is 8.81. The molecule has 1 aromatic carbocycles. The molecule has 0 spiro atoms. The minimum absolute atomic E-state index is 0.0497. The number of nitrogens with zero attached hydrogens (tertiary/aromatic N) is 1. The fraction of sp³-hybridized carbons (Fsp3) is 0.400. The molecule has 0 bridgehead atoms. The number of carbonyl (C=O) groups excluding carboxylic acids is 1. The molecule has 0 N–H and O–H groups in total. The van der Waals surface area contributed by atoms with E-state index < -0.39 is 16.0 Å². The zero-order chi connectivity index (χ0) is 16.0. The van der Waals surface area contributed by atoms with Crippen molar-refractivity contribution >= 4 is 16.0 Å². The lowest BCUT2D eigenvalue weighted by Gasteiger charge is -2.20. The fourth-order valence-corrected chi connectivity index (χ4v) is 3.52.